The van der Waals surface area contributed by atoms with Gasteiger partial charge in [-0.2, -0.15) is 13.2 Å². The number of aliphatic hydroxyl groups is 1. The molecule has 2 nitrogen and oxygen atoms in total. The van der Waals surface area contributed by atoms with Gasteiger partial charge < -0.3 is 10.8 Å². The van der Waals surface area contributed by atoms with Crippen molar-refractivity contribution in [1.82, 2.24) is 0 Å². The lowest BCUT2D eigenvalue weighted by Gasteiger charge is -2.19. The molecule has 3 N–H and O–H groups in total. The van der Waals surface area contributed by atoms with E-state index < -0.39 is 41.9 Å². The van der Waals surface area contributed by atoms with Crippen molar-refractivity contribution in [2.24, 2.45) is 5.73 Å². The van der Waals surface area contributed by atoms with Gasteiger partial charge in [0.1, 0.15) is 17.7 Å². The predicted octanol–water partition coefficient (Wildman–Crippen LogP) is 2.70. The van der Waals surface area contributed by atoms with Crippen molar-refractivity contribution in [2.75, 3.05) is 0 Å². The maximum Gasteiger partial charge on any atom is 0.403 e. The molecule has 18 heavy (non-hydrogen) atoms. The van der Waals surface area contributed by atoms with Gasteiger partial charge in [-0.05, 0) is 6.07 Å². The average molecular weight is 292 g/mol. The fourth-order valence-corrected chi connectivity index (χ4v) is 1.27. The van der Waals surface area contributed by atoms with E-state index in [0.717, 1.165) is 12.1 Å². The van der Waals surface area contributed by atoms with Crippen LogP contribution >= 0.6 is 12.4 Å². The first-order chi connectivity index (χ1) is 7.71. The standard InChI is InChI=1S/C10H10F5NO.ClH/c11-5-1-2-6(7(12)3-5)8(17)4-9(16)10(13,14)15;/h1-3,8-9,17H,4,16H2;1H/t8-,9+;/m1./s1. The van der Waals surface area contributed by atoms with E-state index in [1.165, 1.54) is 0 Å². The molecule has 0 saturated carbocycles. The highest BCUT2D eigenvalue weighted by Gasteiger charge is 2.38. The summed E-state index contributed by atoms with van der Waals surface area (Å²) in [4.78, 5) is 0. The topological polar surface area (TPSA) is 46.2 Å². The molecule has 0 amide bonds. The molecule has 1 rings (SSSR count). The molecular weight excluding hydrogens is 281 g/mol. The van der Waals surface area contributed by atoms with Crippen LogP contribution in [0.5, 0.6) is 0 Å². The largest absolute Gasteiger partial charge is 0.403 e. The zero-order valence-electron chi connectivity index (χ0n) is 8.92. The first kappa shape index (κ1) is 17.1. The third-order valence-corrected chi connectivity index (χ3v) is 2.22. The normalized spacial score (nSPS) is 14.8. The molecule has 104 valence electrons. The van der Waals surface area contributed by atoms with E-state index in [0.29, 0.717) is 6.07 Å². The molecule has 2 atom stereocenters. The number of aliphatic hydroxyl groups excluding tert-OH is 1. The molecule has 0 unspecified atom stereocenters. The number of alkyl halides is 3. The lowest BCUT2D eigenvalue weighted by Crippen LogP contribution is -2.38. The van der Waals surface area contributed by atoms with Crippen molar-refractivity contribution in [3.05, 3.63) is 35.4 Å². The molecule has 0 radical (unpaired) electrons. The van der Waals surface area contributed by atoms with Gasteiger partial charge in [-0.15, -0.1) is 12.4 Å². The number of nitrogens with two attached hydrogens (primary N) is 1. The van der Waals surface area contributed by atoms with E-state index in [9.17, 15) is 27.1 Å². The second-order valence-electron chi connectivity index (χ2n) is 3.57. The Bertz CT molecular complexity index is 398. The number of hydrogen-bond donors (Lipinski definition) is 2. The molecule has 0 aliphatic carbocycles. The van der Waals surface area contributed by atoms with Crippen molar-refractivity contribution >= 4 is 12.4 Å². The Hall–Kier alpha value is -0.920. The summed E-state index contributed by atoms with van der Waals surface area (Å²) < 4.78 is 62.0. The summed E-state index contributed by atoms with van der Waals surface area (Å²) in [5, 5.41) is 9.38. The SMILES string of the molecule is Cl.N[C@@H](C[C@@H](O)c1ccc(F)cc1F)C(F)(F)F. The molecule has 0 aliphatic rings. The van der Waals surface area contributed by atoms with Crippen LogP contribution in [0.1, 0.15) is 18.1 Å². The van der Waals surface area contributed by atoms with Crippen LogP contribution < -0.4 is 5.73 Å². The van der Waals surface area contributed by atoms with Crippen LogP contribution in [0.15, 0.2) is 18.2 Å². The van der Waals surface area contributed by atoms with E-state index >= 15 is 0 Å². The number of rotatable bonds is 3. The highest BCUT2D eigenvalue weighted by atomic mass is 35.5. The summed E-state index contributed by atoms with van der Waals surface area (Å²) in [5.41, 5.74) is 4.38. The number of hydrogen-bond acceptors (Lipinski definition) is 2. The Balaban J connectivity index is 0.00000289. The van der Waals surface area contributed by atoms with Crippen molar-refractivity contribution < 1.29 is 27.1 Å². The van der Waals surface area contributed by atoms with Gasteiger partial charge in [-0.1, -0.05) is 6.07 Å². The van der Waals surface area contributed by atoms with Crippen molar-refractivity contribution in [3.8, 4) is 0 Å². The lowest BCUT2D eigenvalue weighted by atomic mass is 10.0. The maximum atomic E-state index is 13.1. The molecule has 0 aliphatic heterocycles. The fraction of sp³-hybridized carbons (Fsp3) is 0.400. The van der Waals surface area contributed by atoms with Gasteiger partial charge in [0, 0.05) is 18.1 Å². The lowest BCUT2D eigenvalue weighted by molar-refractivity contribution is -0.154. The van der Waals surface area contributed by atoms with Crippen molar-refractivity contribution in [3.63, 3.8) is 0 Å². The molecule has 8 heteroatoms. The number of halogens is 6. The Morgan fingerprint density at radius 2 is 1.78 bits per heavy atom. The second kappa shape index (κ2) is 6.31. The summed E-state index contributed by atoms with van der Waals surface area (Å²) in [6.45, 7) is 0. The van der Waals surface area contributed by atoms with Gasteiger partial charge in [0.05, 0.1) is 6.10 Å². The molecular formula is C10H11ClF5NO. The highest BCUT2D eigenvalue weighted by Crippen LogP contribution is 2.28. The van der Waals surface area contributed by atoms with E-state index in [2.05, 4.69) is 0 Å². The zero-order valence-corrected chi connectivity index (χ0v) is 9.73. The predicted molar refractivity (Wildman–Crippen MR) is 57.2 cm³/mol. The van der Waals surface area contributed by atoms with Crippen molar-refractivity contribution in [2.45, 2.75) is 24.7 Å². The summed E-state index contributed by atoms with van der Waals surface area (Å²) >= 11 is 0. The molecule has 1 aromatic carbocycles. The van der Waals surface area contributed by atoms with Crippen LogP contribution in [-0.4, -0.2) is 17.3 Å². The van der Waals surface area contributed by atoms with Crippen LogP contribution in [0.3, 0.4) is 0 Å². The Labute approximate surface area is 106 Å². The minimum Gasteiger partial charge on any atom is -0.388 e. The summed E-state index contributed by atoms with van der Waals surface area (Å²) in [6.07, 6.45) is -7.28. The van der Waals surface area contributed by atoms with Crippen LogP contribution in [0.2, 0.25) is 0 Å². The molecule has 0 saturated heterocycles. The summed E-state index contributed by atoms with van der Waals surface area (Å²) in [5.74, 6) is -1.98. The first-order valence-electron chi connectivity index (χ1n) is 4.67. The Morgan fingerprint density at radius 3 is 2.22 bits per heavy atom. The van der Waals surface area contributed by atoms with Crippen LogP contribution in [0.25, 0.3) is 0 Å². The van der Waals surface area contributed by atoms with Gasteiger partial charge >= 0.3 is 6.18 Å². The smallest absolute Gasteiger partial charge is 0.388 e. The van der Waals surface area contributed by atoms with E-state index in [-0.39, 0.29) is 12.4 Å². The molecule has 0 heterocycles. The minimum absolute atomic E-state index is 0. The third kappa shape index (κ3) is 4.40. The van der Waals surface area contributed by atoms with Gasteiger partial charge in [0.25, 0.3) is 0 Å². The van der Waals surface area contributed by atoms with Crippen LogP contribution in [0.4, 0.5) is 22.0 Å². The quantitative estimate of drug-likeness (QED) is 0.841. The summed E-state index contributed by atoms with van der Waals surface area (Å²) in [6, 6.07) is -0.0430. The van der Waals surface area contributed by atoms with Crippen molar-refractivity contribution in [1.29, 1.82) is 0 Å². The first-order valence-corrected chi connectivity index (χ1v) is 4.67. The molecule has 0 aromatic heterocycles. The average Bonchev–Trinajstić information content (AvgIpc) is 2.15. The Kier molecular flexibility index (Phi) is 5.98. The monoisotopic (exact) mass is 291 g/mol. The number of benzene rings is 1. The molecule has 0 spiro atoms. The van der Waals surface area contributed by atoms with Crippen LogP contribution in [0, 0.1) is 11.6 Å². The minimum atomic E-state index is -4.67. The zero-order chi connectivity index (χ0) is 13.2. The second-order valence-corrected chi connectivity index (χ2v) is 3.57. The van der Waals surface area contributed by atoms with Crippen LogP contribution in [-0.2, 0) is 0 Å². The van der Waals surface area contributed by atoms with E-state index in [4.69, 9.17) is 5.73 Å². The maximum absolute atomic E-state index is 13.1. The molecule has 0 bridgehead atoms. The fourth-order valence-electron chi connectivity index (χ4n) is 1.27. The van der Waals surface area contributed by atoms with Gasteiger partial charge in [-0.25, -0.2) is 8.78 Å². The summed E-state index contributed by atoms with van der Waals surface area (Å²) in [7, 11) is 0. The van der Waals surface area contributed by atoms with E-state index in [1.807, 2.05) is 0 Å². The van der Waals surface area contributed by atoms with E-state index in [1.54, 1.807) is 0 Å². The van der Waals surface area contributed by atoms with Gasteiger partial charge in [-0.3, -0.25) is 0 Å². The molecule has 0 fully saturated rings. The Morgan fingerprint density at radius 1 is 1.22 bits per heavy atom. The van der Waals surface area contributed by atoms with Gasteiger partial charge in [0.15, 0.2) is 0 Å². The highest BCUT2D eigenvalue weighted by molar-refractivity contribution is 5.85. The molecule has 1 aromatic rings. The third-order valence-electron chi connectivity index (χ3n) is 2.22. The van der Waals surface area contributed by atoms with Gasteiger partial charge in [0.2, 0.25) is 0 Å².